The number of amides is 2. The highest BCUT2D eigenvalue weighted by Crippen LogP contribution is 2.36. The van der Waals surface area contributed by atoms with Crippen LogP contribution in [0.4, 0.5) is 16.3 Å². The van der Waals surface area contributed by atoms with Gasteiger partial charge in [-0.3, -0.25) is 0 Å². The number of nitrogens with one attached hydrogen (secondary N) is 1. The molecule has 1 aliphatic carbocycles. The third-order valence-corrected chi connectivity index (χ3v) is 10.2. The summed E-state index contributed by atoms with van der Waals surface area (Å²) in [5.74, 6) is 1.42. The summed E-state index contributed by atoms with van der Waals surface area (Å²) in [7, 11) is -3.29. The first-order chi connectivity index (χ1) is 17.3. The zero-order valence-electron chi connectivity index (χ0n) is 20.5. The highest BCUT2D eigenvalue weighted by Gasteiger charge is 2.42. The van der Waals surface area contributed by atoms with Crippen LogP contribution >= 0.6 is 22.9 Å². The Morgan fingerprint density at radius 3 is 2.64 bits per heavy atom. The van der Waals surface area contributed by atoms with E-state index in [1.165, 1.54) is 3.11 Å². The molecule has 0 radical (unpaired) electrons. The number of morpholine rings is 1. The summed E-state index contributed by atoms with van der Waals surface area (Å²) in [5, 5.41) is 2.54. The van der Waals surface area contributed by atoms with Crippen molar-refractivity contribution in [1.29, 1.82) is 0 Å². The molecule has 1 unspecified atom stereocenters. The van der Waals surface area contributed by atoms with Crippen LogP contribution in [0, 0.1) is 0 Å². The Balaban J connectivity index is 1.51. The van der Waals surface area contributed by atoms with Gasteiger partial charge in [0.2, 0.25) is 10.0 Å². The molecule has 1 saturated heterocycles. The minimum atomic E-state index is -3.29. The van der Waals surface area contributed by atoms with E-state index in [4.69, 9.17) is 14.7 Å². The summed E-state index contributed by atoms with van der Waals surface area (Å²) in [5.41, 5.74) is 3.35. The molecule has 2 amide bonds. The van der Waals surface area contributed by atoms with Crippen molar-refractivity contribution in [3.63, 3.8) is 0 Å². The first-order valence-corrected chi connectivity index (χ1v) is 14.8. The van der Waals surface area contributed by atoms with Gasteiger partial charge in [0.25, 0.3) is 0 Å². The Hall–Kier alpha value is -2.03. The van der Waals surface area contributed by atoms with Gasteiger partial charge in [0.05, 0.1) is 65.3 Å². The molecule has 12 heteroatoms. The number of aromatic nitrogens is 2. The molecule has 0 bridgehead atoms. The molecule has 2 aromatic rings. The van der Waals surface area contributed by atoms with Crippen LogP contribution in [0.3, 0.4) is 0 Å². The maximum atomic E-state index is 13.0. The molecule has 3 heterocycles. The fraction of sp³-hybridized carbons (Fsp3) is 0.542. The van der Waals surface area contributed by atoms with Crippen LogP contribution < -0.4 is 13.3 Å². The van der Waals surface area contributed by atoms with Crippen LogP contribution in [0.25, 0.3) is 11.4 Å². The standard InChI is InChI=1S/C24H31IN6O4S/c1-3-26-24(32)31(25)18-6-4-17(5-7-18)22-27-21-14-29(36(33,34)19-8-9-19)11-10-20(21)23(28-22)30-12-13-35-15-16(30)2/h4-7,16,19H,3,8-15H2,1-2H3,(H,26,32). The third kappa shape index (κ3) is 5.04. The summed E-state index contributed by atoms with van der Waals surface area (Å²) < 4.78 is 34.7. The number of sulfonamides is 1. The Morgan fingerprint density at radius 2 is 1.97 bits per heavy atom. The molecule has 1 saturated carbocycles. The minimum absolute atomic E-state index is 0.158. The van der Waals surface area contributed by atoms with E-state index in [9.17, 15) is 13.2 Å². The fourth-order valence-electron chi connectivity index (χ4n) is 4.67. The zero-order valence-corrected chi connectivity index (χ0v) is 23.5. The fourth-order valence-corrected chi connectivity index (χ4v) is 6.96. The van der Waals surface area contributed by atoms with Gasteiger partial charge in [0.1, 0.15) is 5.82 Å². The zero-order chi connectivity index (χ0) is 25.4. The van der Waals surface area contributed by atoms with Gasteiger partial charge >= 0.3 is 6.03 Å². The average Bonchev–Trinajstić information content (AvgIpc) is 3.74. The van der Waals surface area contributed by atoms with Crippen LogP contribution in [0.2, 0.25) is 0 Å². The molecule has 0 spiro atoms. The third-order valence-electron chi connectivity index (χ3n) is 6.81. The molecule has 2 aliphatic heterocycles. The molecule has 1 atom stereocenters. The predicted molar refractivity (Wildman–Crippen MR) is 147 cm³/mol. The van der Waals surface area contributed by atoms with E-state index in [0.717, 1.165) is 47.7 Å². The van der Waals surface area contributed by atoms with Crippen molar-refractivity contribution in [1.82, 2.24) is 19.6 Å². The number of nitrogens with zero attached hydrogens (tertiary/aromatic N) is 5. The summed E-state index contributed by atoms with van der Waals surface area (Å²) >= 11 is 1.98. The topological polar surface area (TPSA) is 108 Å². The lowest BCUT2D eigenvalue weighted by atomic mass is 10.0. The molecule has 5 rings (SSSR count). The number of hydrogen-bond acceptors (Lipinski definition) is 7. The van der Waals surface area contributed by atoms with E-state index in [0.29, 0.717) is 38.5 Å². The number of carbonyl (C=O) groups excluding carboxylic acids is 1. The van der Waals surface area contributed by atoms with Gasteiger partial charge in [-0.1, -0.05) is 0 Å². The van der Waals surface area contributed by atoms with Crippen molar-refractivity contribution in [3.8, 4) is 11.4 Å². The second-order valence-electron chi connectivity index (χ2n) is 9.40. The maximum Gasteiger partial charge on any atom is 0.330 e. The Labute approximate surface area is 226 Å². The number of benzene rings is 1. The largest absolute Gasteiger partial charge is 0.377 e. The van der Waals surface area contributed by atoms with Crippen LogP contribution in [0.15, 0.2) is 24.3 Å². The Kier molecular flexibility index (Phi) is 7.39. The van der Waals surface area contributed by atoms with Gasteiger partial charge in [0.15, 0.2) is 5.82 Å². The molecular formula is C24H31IN6O4S. The maximum absolute atomic E-state index is 13.0. The summed E-state index contributed by atoms with van der Waals surface area (Å²) in [6.45, 7) is 7.25. The van der Waals surface area contributed by atoms with Gasteiger partial charge in [0, 0.05) is 30.8 Å². The van der Waals surface area contributed by atoms with Gasteiger partial charge in [-0.15, -0.1) is 0 Å². The minimum Gasteiger partial charge on any atom is -0.377 e. The second-order valence-corrected chi connectivity index (χ2v) is 12.6. The molecule has 36 heavy (non-hydrogen) atoms. The summed E-state index contributed by atoms with van der Waals surface area (Å²) in [6.07, 6.45) is 2.08. The van der Waals surface area contributed by atoms with Crippen molar-refractivity contribution >= 4 is 50.4 Å². The van der Waals surface area contributed by atoms with E-state index in [1.54, 1.807) is 4.31 Å². The van der Waals surface area contributed by atoms with Crippen molar-refractivity contribution in [2.45, 2.75) is 50.9 Å². The van der Waals surface area contributed by atoms with E-state index in [1.807, 2.05) is 54.1 Å². The van der Waals surface area contributed by atoms with Crippen molar-refractivity contribution < 1.29 is 17.9 Å². The molecule has 194 valence electrons. The Morgan fingerprint density at radius 1 is 1.22 bits per heavy atom. The predicted octanol–water partition coefficient (Wildman–Crippen LogP) is 3.10. The summed E-state index contributed by atoms with van der Waals surface area (Å²) in [4.78, 5) is 24.3. The molecular weight excluding hydrogens is 595 g/mol. The molecule has 1 aromatic heterocycles. The van der Waals surface area contributed by atoms with Gasteiger partial charge in [-0.25, -0.2) is 26.3 Å². The number of fused-ring (bicyclic) bond motifs is 1. The molecule has 2 fully saturated rings. The van der Waals surface area contributed by atoms with Gasteiger partial charge in [-0.05, 0) is 57.4 Å². The van der Waals surface area contributed by atoms with Crippen LogP contribution in [-0.2, 0) is 27.7 Å². The normalized spacial score (nSPS) is 20.6. The monoisotopic (exact) mass is 626 g/mol. The Bertz CT molecular complexity index is 1240. The van der Waals surface area contributed by atoms with Crippen molar-refractivity contribution in [2.75, 3.05) is 40.9 Å². The highest BCUT2D eigenvalue weighted by atomic mass is 127. The number of rotatable bonds is 6. The number of carbonyl (C=O) groups is 1. The van der Waals surface area contributed by atoms with E-state index in [2.05, 4.69) is 17.1 Å². The molecule has 1 N–H and O–H groups in total. The van der Waals surface area contributed by atoms with Crippen molar-refractivity contribution in [3.05, 3.63) is 35.5 Å². The van der Waals surface area contributed by atoms with Gasteiger partial charge in [-0.2, -0.15) is 4.31 Å². The molecule has 3 aliphatic rings. The molecule has 10 nitrogen and oxygen atoms in total. The summed E-state index contributed by atoms with van der Waals surface area (Å²) in [6, 6.07) is 7.50. The lowest BCUT2D eigenvalue weighted by molar-refractivity contribution is 0.0984. The number of urea groups is 1. The van der Waals surface area contributed by atoms with Crippen molar-refractivity contribution in [2.24, 2.45) is 0 Å². The lowest BCUT2D eigenvalue weighted by Gasteiger charge is -2.37. The average molecular weight is 627 g/mol. The van der Waals surface area contributed by atoms with Crippen LogP contribution in [0.5, 0.6) is 0 Å². The first kappa shape index (κ1) is 25.6. The quantitative estimate of drug-likeness (QED) is 0.388. The second kappa shape index (κ2) is 10.4. The number of ether oxygens (including phenoxy) is 1. The van der Waals surface area contributed by atoms with E-state index < -0.39 is 10.0 Å². The lowest BCUT2D eigenvalue weighted by Crippen LogP contribution is -2.46. The first-order valence-electron chi connectivity index (χ1n) is 12.4. The number of halogens is 1. The van der Waals surface area contributed by atoms with Crippen LogP contribution in [0.1, 0.15) is 37.9 Å². The van der Waals surface area contributed by atoms with Gasteiger partial charge < -0.3 is 15.0 Å². The highest BCUT2D eigenvalue weighted by molar-refractivity contribution is 14.1. The number of anilines is 2. The molecule has 1 aromatic carbocycles. The SMILES string of the molecule is CCNC(=O)N(I)c1ccc(-c2nc3c(c(N4CCOCC4C)n2)CCN(S(=O)(=O)C2CC2)C3)cc1. The number of hydrogen-bond donors (Lipinski definition) is 1. The van der Waals surface area contributed by atoms with E-state index >= 15 is 0 Å². The smallest absolute Gasteiger partial charge is 0.330 e. The van der Waals surface area contributed by atoms with E-state index in [-0.39, 0.29) is 23.9 Å². The van der Waals surface area contributed by atoms with Crippen LogP contribution in [-0.4, -0.2) is 72.9 Å².